The lowest BCUT2D eigenvalue weighted by atomic mass is 10.1. The fourth-order valence-electron chi connectivity index (χ4n) is 2.97. The van der Waals surface area contributed by atoms with Crippen LogP contribution < -0.4 is 4.90 Å². The van der Waals surface area contributed by atoms with Crippen LogP contribution in [0.2, 0.25) is 0 Å². The van der Waals surface area contributed by atoms with Crippen molar-refractivity contribution in [2.75, 3.05) is 25.7 Å². The number of para-hydroxylation sites is 1. The number of anilines is 1. The molecule has 0 radical (unpaired) electrons. The number of rotatable bonds is 3. The van der Waals surface area contributed by atoms with Gasteiger partial charge in [0.1, 0.15) is 6.04 Å². The van der Waals surface area contributed by atoms with E-state index in [2.05, 4.69) is 0 Å². The van der Waals surface area contributed by atoms with Gasteiger partial charge in [-0.3, -0.25) is 14.6 Å². The molecule has 0 spiro atoms. The molecule has 0 aromatic heterocycles. The second-order valence-corrected chi connectivity index (χ2v) is 6.03. The predicted molar refractivity (Wildman–Crippen MR) is 93.7 cm³/mol. The summed E-state index contributed by atoms with van der Waals surface area (Å²) < 4.78 is 0. The minimum absolute atomic E-state index is 0.0198. The Morgan fingerprint density at radius 1 is 1.08 bits per heavy atom. The zero-order valence-corrected chi connectivity index (χ0v) is 13.9. The van der Waals surface area contributed by atoms with Crippen LogP contribution in [0.4, 0.5) is 10.5 Å². The van der Waals surface area contributed by atoms with Crippen molar-refractivity contribution in [2.45, 2.75) is 12.5 Å². The zero-order valence-electron chi connectivity index (χ0n) is 13.9. The molecule has 0 N–H and O–H groups in total. The summed E-state index contributed by atoms with van der Waals surface area (Å²) in [4.78, 5) is 30.2. The molecule has 3 amide bonds. The number of urea groups is 1. The van der Waals surface area contributed by atoms with E-state index < -0.39 is 6.04 Å². The molecule has 2 aromatic carbocycles. The average Bonchev–Trinajstić information content (AvgIpc) is 2.90. The van der Waals surface area contributed by atoms with Gasteiger partial charge >= 0.3 is 6.03 Å². The summed E-state index contributed by atoms with van der Waals surface area (Å²) in [5, 5.41) is 0. The first-order chi connectivity index (χ1) is 11.6. The van der Waals surface area contributed by atoms with Crippen molar-refractivity contribution in [2.24, 2.45) is 0 Å². The van der Waals surface area contributed by atoms with Crippen molar-refractivity contribution in [1.29, 1.82) is 0 Å². The van der Waals surface area contributed by atoms with Crippen LogP contribution in [0.1, 0.15) is 5.56 Å². The molecule has 5 heteroatoms. The summed E-state index contributed by atoms with van der Waals surface area (Å²) in [6.07, 6.45) is 0.526. The number of benzene rings is 2. The third kappa shape index (κ3) is 3.11. The molecule has 0 bridgehead atoms. The molecule has 1 heterocycles. The van der Waals surface area contributed by atoms with E-state index in [1.54, 1.807) is 28.8 Å². The molecule has 1 saturated heterocycles. The highest BCUT2D eigenvalue weighted by molar-refractivity contribution is 5.97. The second kappa shape index (κ2) is 6.74. The highest BCUT2D eigenvalue weighted by atomic mass is 16.2. The Labute approximate surface area is 142 Å². The normalized spacial score (nSPS) is 17.2. The molecule has 0 unspecified atom stereocenters. The zero-order chi connectivity index (χ0) is 17.1. The Morgan fingerprint density at radius 2 is 1.67 bits per heavy atom. The monoisotopic (exact) mass is 323 g/mol. The van der Waals surface area contributed by atoms with Gasteiger partial charge in [0.05, 0.1) is 6.67 Å². The van der Waals surface area contributed by atoms with Crippen LogP contribution in [0.25, 0.3) is 0 Å². The Morgan fingerprint density at radius 3 is 2.29 bits per heavy atom. The minimum atomic E-state index is -0.462. The van der Waals surface area contributed by atoms with Crippen molar-refractivity contribution in [3.8, 4) is 0 Å². The van der Waals surface area contributed by atoms with E-state index in [0.717, 1.165) is 11.3 Å². The summed E-state index contributed by atoms with van der Waals surface area (Å²) >= 11 is 0. The molecule has 3 rings (SSSR count). The lowest BCUT2D eigenvalue weighted by Gasteiger charge is -2.27. The van der Waals surface area contributed by atoms with E-state index in [4.69, 9.17) is 0 Å². The molecule has 1 fully saturated rings. The van der Waals surface area contributed by atoms with Crippen LogP contribution in [0.3, 0.4) is 0 Å². The summed E-state index contributed by atoms with van der Waals surface area (Å²) in [6.45, 7) is 0.312. The Kier molecular flexibility index (Phi) is 4.51. The molecule has 24 heavy (non-hydrogen) atoms. The smallest absolute Gasteiger partial charge is 0.326 e. The van der Waals surface area contributed by atoms with Gasteiger partial charge < -0.3 is 4.90 Å². The van der Waals surface area contributed by atoms with Crippen LogP contribution in [-0.2, 0) is 11.2 Å². The number of hydrogen-bond donors (Lipinski definition) is 0. The number of hydrogen-bond acceptors (Lipinski definition) is 2. The standard InChI is InChI=1S/C19H21N3O2/c1-20-14-22(19(24)21(2)16-11-7-4-8-12-16)17(18(20)23)13-15-9-5-3-6-10-15/h3-12,17H,13-14H2,1-2H3/t17-/m0/s1. The maximum atomic E-state index is 12.9. The molecule has 1 aliphatic heterocycles. The van der Waals surface area contributed by atoms with E-state index in [9.17, 15) is 9.59 Å². The Hall–Kier alpha value is -2.82. The Bertz CT molecular complexity index is 718. The fraction of sp³-hybridized carbons (Fsp3) is 0.263. The van der Waals surface area contributed by atoms with Gasteiger partial charge in [0, 0.05) is 26.2 Å². The summed E-state index contributed by atoms with van der Waals surface area (Å²) in [6, 6.07) is 18.6. The molecule has 0 aliphatic carbocycles. The van der Waals surface area contributed by atoms with Gasteiger partial charge in [0.15, 0.2) is 0 Å². The van der Waals surface area contributed by atoms with Crippen molar-refractivity contribution in [1.82, 2.24) is 9.80 Å². The van der Waals surface area contributed by atoms with E-state index in [1.807, 2.05) is 60.7 Å². The molecule has 0 saturated carbocycles. The minimum Gasteiger partial charge on any atom is -0.326 e. The maximum absolute atomic E-state index is 12.9. The van der Waals surface area contributed by atoms with Crippen LogP contribution in [0, 0.1) is 0 Å². The third-order valence-corrected chi connectivity index (χ3v) is 4.35. The SMILES string of the molecule is CN1CN(C(=O)N(C)c2ccccc2)[C@@H](Cc2ccccc2)C1=O. The quantitative estimate of drug-likeness (QED) is 0.871. The topological polar surface area (TPSA) is 43.9 Å². The summed E-state index contributed by atoms with van der Waals surface area (Å²) in [5.41, 5.74) is 1.86. The highest BCUT2D eigenvalue weighted by Crippen LogP contribution is 2.22. The van der Waals surface area contributed by atoms with Gasteiger partial charge in [-0.15, -0.1) is 0 Å². The van der Waals surface area contributed by atoms with Crippen molar-refractivity contribution in [3.05, 3.63) is 66.2 Å². The summed E-state index contributed by atoms with van der Waals surface area (Å²) in [7, 11) is 3.47. The van der Waals surface area contributed by atoms with E-state index >= 15 is 0 Å². The number of amides is 3. The molecular formula is C19H21N3O2. The van der Waals surface area contributed by atoms with Crippen molar-refractivity contribution in [3.63, 3.8) is 0 Å². The number of likely N-dealkylation sites (N-methyl/N-ethyl adjacent to an activating group) is 1. The van der Waals surface area contributed by atoms with Gasteiger partial charge in [-0.2, -0.15) is 0 Å². The first-order valence-corrected chi connectivity index (χ1v) is 7.96. The molecule has 1 atom stereocenters. The van der Waals surface area contributed by atoms with Crippen LogP contribution in [-0.4, -0.2) is 48.5 Å². The van der Waals surface area contributed by atoms with Crippen LogP contribution in [0.5, 0.6) is 0 Å². The second-order valence-electron chi connectivity index (χ2n) is 6.03. The van der Waals surface area contributed by atoms with Gasteiger partial charge in [0.25, 0.3) is 0 Å². The molecule has 2 aromatic rings. The molecule has 1 aliphatic rings. The number of nitrogens with zero attached hydrogens (tertiary/aromatic N) is 3. The number of carbonyl (C=O) groups excluding carboxylic acids is 2. The van der Waals surface area contributed by atoms with Gasteiger partial charge in [-0.05, 0) is 17.7 Å². The van der Waals surface area contributed by atoms with Crippen molar-refractivity contribution >= 4 is 17.6 Å². The largest absolute Gasteiger partial charge is 0.326 e. The summed E-state index contributed by atoms with van der Waals surface area (Å²) in [5.74, 6) is -0.0198. The lowest BCUT2D eigenvalue weighted by molar-refractivity contribution is -0.128. The van der Waals surface area contributed by atoms with Gasteiger partial charge in [0.2, 0.25) is 5.91 Å². The Balaban J connectivity index is 1.82. The van der Waals surface area contributed by atoms with E-state index in [1.165, 1.54) is 0 Å². The average molecular weight is 323 g/mol. The van der Waals surface area contributed by atoms with Crippen molar-refractivity contribution < 1.29 is 9.59 Å². The van der Waals surface area contributed by atoms with Gasteiger partial charge in [-0.1, -0.05) is 48.5 Å². The predicted octanol–water partition coefficient (Wildman–Crippen LogP) is 2.59. The molecule has 5 nitrogen and oxygen atoms in total. The first-order valence-electron chi connectivity index (χ1n) is 7.96. The van der Waals surface area contributed by atoms with E-state index in [0.29, 0.717) is 13.1 Å². The molecule has 124 valence electrons. The number of carbonyl (C=O) groups is 2. The third-order valence-electron chi connectivity index (χ3n) is 4.35. The van der Waals surface area contributed by atoms with E-state index in [-0.39, 0.29) is 11.9 Å². The van der Waals surface area contributed by atoms with Crippen LogP contribution >= 0.6 is 0 Å². The maximum Gasteiger partial charge on any atom is 0.326 e. The molecular weight excluding hydrogens is 302 g/mol. The first kappa shape index (κ1) is 16.1. The fourth-order valence-corrected chi connectivity index (χ4v) is 2.97. The van der Waals surface area contributed by atoms with Crippen LogP contribution in [0.15, 0.2) is 60.7 Å². The highest BCUT2D eigenvalue weighted by Gasteiger charge is 2.40. The van der Waals surface area contributed by atoms with Gasteiger partial charge in [-0.25, -0.2) is 4.79 Å². The lowest BCUT2D eigenvalue weighted by Crippen LogP contribution is -2.46.